The molecule has 2 unspecified atom stereocenters. The minimum Gasteiger partial charge on any atom is -0.465 e. The average molecular weight is 277 g/mol. The smallest absolute Gasteiger partial charge is 0.306 e. The molecule has 0 N–H and O–H groups in total. The molecule has 0 saturated carbocycles. The summed E-state index contributed by atoms with van der Waals surface area (Å²) in [5.41, 5.74) is 0.151. The van der Waals surface area contributed by atoms with Gasteiger partial charge in [0.25, 0.3) is 0 Å². The van der Waals surface area contributed by atoms with Gasteiger partial charge >= 0.3 is 5.97 Å². The standard InChI is InChI=1S/C16H23NO3/c1-19-13-3-2-12-5-7-17-6-4-11-10-20-15(18)8-14(11)16(12,17)9-13/h2-3,11-14H,4-10H2,1H3/t11?,12?,13-,14-,16-/m1/s1. The molecule has 0 amide bonds. The van der Waals surface area contributed by atoms with Crippen LogP contribution in [0.5, 0.6) is 0 Å². The van der Waals surface area contributed by atoms with Crippen molar-refractivity contribution in [2.24, 2.45) is 17.8 Å². The minimum atomic E-state index is -0.00311. The Bertz CT molecular complexity index is 449. The number of piperidine rings is 1. The highest BCUT2D eigenvalue weighted by atomic mass is 16.5. The predicted octanol–water partition coefficient (Wildman–Crippen LogP) is 1.60. The number of methoxy groups -OCH3 is 1. The Labute approximate surface area is 120 Å². The molecule has 1 spiro atoms. The van der Waals surface area contributed by atoms with E-state index in [9.17, 15) is 4.79 Å². The van der Waals surface area contributed by atoms with E-state index in [0.29, 0.717) is 30.8 Å². The molecule has 3 aliphatic heterocycles. The fraction of sp³-hybridized carbons (Fsp3) is 0.812. The summed E-state index contributed by atoms with van der Waals surface area (Å²) in [5.74, 6) is 1.59. The van der Waals surface area contributed by atoms with Crippen molar-refractivity contribution in [1.82, 2.24) is 4.90 Å². The first-order valence-electron chi connectivity index (χ1n) is 7.86. The lowest BCUT2D eigenvalue weighted by Gasteiger charge is -2.56. The maximum atomic E-state index is 11.8. The molecule has 4 rings (SSSR count). The Morgan fingerprint density at radius 1 is 1.35 bits per heavy atom. The van der Waals surface area contributed by atoms with Crippen LogP contribution in [0.3, 0.4) is 0 Å². The van der Waals surface area contributed by atoms with Crippen molar-refractivity contribution in [2.45, 2.75) is 37.3 Å². The number of carbonyl (C=O) groups is 1. The lowest BCUT2D eigenvalue weighted by atomic mass is 9.60. The fourth-order valence-corrected chi connectivity index (χ4v) is 5.23. The molecule has 3 saturated heterocycles. The first kappa shape index (κ1) is 12.8. The summed E-state index contributed by atoms with van der Waals surface area (Å²) in [7, 11) is 1.79. The summed E-state index contributed by atoms with van der Waals surface area (Å²) < 4.78 is 10.9. The number of rotatable bonds is 1. The van der Waals surface area contributed by atoms with E-state index in [4.69, 9.17) is 9.47 Å². The second-order valence-corrected chi connectivity index (χ2v) is 6.78. The summed E-state index contributed by atoms with van der Waals surface area (Å²) in [4.78, 5) is 14.5. The quantitative estimate of drug-likeness (QED) is 0.539. The Morgan fingerprint density at radius 3 is 3.05 bits per heavy atom. The van der Waals surface area contributed by atoms with Gasteiger partial charge in [-0.05, 0) is 50.1 Å². The molecule has 3 fully saturated rings. The number of esters is 1. The first-order valence-corrected chi connectivity index (χ1v) is 7.86. The van der Waals surface area contributed by atoms with E-state index >= 15 is 0 Å². The third kappa shape index (κ3) is 1.64. The van der Waals surface area contributed by atoms with Gasteiger partial charge in [-0.2, -0.15) is 0 Å². The molecule has 0 aromatic heterocycles. The molecule has 0 radical (unpaired) electrons. The largest absolute Gasteiger partial charge is 0.465 e. The molecule has 3 heterocycles. The fourth-order valence-electron chi connectivity index (χ4n) is 5.23. The Balaban J connectivity index is 1.73. The van der Waals surface area contributed by atoms with E-state index in [0.717, 1.165) is 13.0 Å². The van der Waals surface area contributed by atoms with Crippen molar-refractivity contribution in [1.29, 1.82) is 0 Å². The summed E-state index contributed by atoms with van der Waals surface area (Å²) in [6, 6.07) is 0. The number of hydrogen-bond acceptors (Lipinski definition) is 4. The van der Waals surface area contributed by atoms with Crippen LogP contribution in [0, 0.1) is 17.8 Å². The van der Waals surface area contributed by atoms with Crippen molar-refractivity contribution < 1.29 is 14.3 Å². The maximum Gasteiger partial charge on any atom is 0.306 e. The van der Waals surface area contributed by atoms with Gasteiger partial charge in [0.05, 0.1) is 19.1 Å². The maximum absolute atomic E-state index is 11.8. The lowest BCUT2D eigenvalue weighted by Crippen LogP contribution is -2.63. The minimum absolute atomic E-state index is 0.00311. The van der Waals surface area contributed by atoms with Crippen molar-refractivity contribution in [3.63, 3.8) is 0 Å². The summed E-state index contributed by atoms with van der Waals surface area (Å²) in [6.07, 6.45) is 8.83. The van der Waals surface area contributed by atoms with Crippen LogP contribution in [-0.2, 0) is 14.3 Å². The van der Waals surface area contributed by atoms with Gasteiger partial charge in [0.1, 0.15) is 0 Å². The van der Waals surface area contributed by atoms with Gasteiger partial charge in [-0.3, -0.25) is 9.69 Å². The van der Waals surface area contributed by atoms with Gasteiger partial charge in [0.15, 0.2) is 0 Å². The van der Waals surface area contributed by atoms with Gasteiger partial charge in [-0.15, -0.1) is 0 Å². The van der Waals surface area contributed by atoms with Crippen LogP contribution in [0.1, 0.15) is 25.7 Å². The SMILES string of the molecule is CO[C@@H]1C=CC2CCN3CCC4COC(=O)C[C@H]4[C@@]23C1. The summed E-state index contributed by atoms with van der Waals surface area (Å²) in [6.45, 7) is 2.95. The third-order valence-corrected chi connectivity index (χ3v) is 6.16. The molecule has 1 aliphatic carbocycles. The van der Waals surface area contributed by atoms with Gasteiger partial charge in [-0.25, -0.2) is 0 Å². The van der Waals surface area contributed by atoms with Crippen LogP contribution in [-0.4, -0.2) is 49.3 Å². The number of nitrogens with zero attached hydrogens (tertiary/aromatic N) is 1. The van der Waals surface area contributed by atoms with Crippen LogP contribution < -0.4 is 0 Å². The zero-order chi connectivity index (χ0) is 13.7. The monoisotopic (exact) mass is 277 g/mol. The number of hydrogen-bond donors (Lipinski definition) is 0. The average Bonchev–Trinajstić information content (AvgIpc) is 2.86. The zero-order valence-electron chi connectivity index (χ0n) is 12.1. The van der Waals surface area contributed by atoms with Gasteiger partial charge in [0, 0.05) is 12.6 Å². The first-order chi connectivity index (χ1) is 9.74. The van der Waals surface area contributed by atoms with E-state index in [1.165, 1.54) is 19.4 Å². The van der Waals surface area contributed by atoms with Crippen molar-refractivity contribution in [2.75, 3.05) is 26.8 Å². The Kier molecular flexibility index (Phi) is 2.93. The van der Waals surface area contributed by atoms with Crippen LogP contribution in [0.4, 0.5) is 0 Å². The molecule has 0 aromatic carbocycles. The normalized spacial score (nSPS) is 47.4. The second-order valence-electron chi connectivity index (χ2n) is 6.78. The molecule has 4 nitrogen and oxygen atoms in total. The van der Waals surface area contributed by atoms with E-state index in [1.807, 2.05) is 0 Å². The second kappa shape index (κ2) is 4.57. The van der Waals surface area contributed by atoms with E-state index in [1.54, 1.807) is 7.11 Å². The molecule has 5 atom stereocenters. The Morgan fingerprint density at radius 2 is 2.20 bits per heavy atom. The van der Waals surface area contributed by atoms with Crippen LogP contribution in [0.25, 0.3) is 0 Å². The van der Waals surface area contributed by atoms with Gasteiger partial charge in [0.2, 0.25) is 0 Å². The number of cyclic esters (lactones) is 1. The van der Waals surface area contributed by atoms with Crippen LogP contribution >= 0.6 is 0 Å². The molecule has 20 heavy (non-hydrogen) atoms. The van der Waals surface area contributed by atoms with Gasteiger partial charge < -0.3 is 9.47 Å². The summed E-state index contributed by atoms with van der Waals surface area (Å²) in [5, 5.41) is 0. The van der Waals surface area contributed by atoms with E-state index < -0.39 is 0 Å². The van der Waals surface area contributed by atoms with E-state index in [-0.39, 0.29) is 17.6 Å². The molecule has 110 valence electrons. The zero-order valence-corrected chi connectivity index (χ0v) is 12.1. The highest BCUT2D eigenvalue weighted by molar-refractivity contribution is 5.71. The summed E-state index contributed by atoms with van der Waals surface area (Å²) >= 11 is 0. The number of fused-ring (bicyclic) bond motifs is 1. The molecular weight excluding hydrogens is 254 g/mol. The Hall–Kier alpha value is -0.870. The number of ether oxygens (including phenoxy) is 2. The molecule has 4 heteroatoms. The highest BCUT2D eigenvalue weighted by Crippen LogP contribution is 2.54. The molecular formula is C16H23NO3. The molecule has 0 aromatic rings. The van der Waals surface area contributed by atoms with Crippen molar-refractivity contribution in [3.05, 3.63) is 12.2 Å². The van der Waals surface area contributed by atoms with E-state index in [2.05, 4.69) is 17.1 Å². The highest BCUT2D eigenvalue weighted by Gasteiger charge is 2.59. The molecule has 0 bridgehead atoms. The van der Waals surface area contributed by atoms with Crippen LogP contribution in [0.2, 0.25) is 0 Å². The van der Waals surface area contributed by atoms with Crippen LogP contribution in [0.15, 0.2) is 12.2 Å². The molecule has 4 aliphatic rings. The van der Waals surface area contributed by atoms with Crippen molar-refractivity contribution >= 4 is 5.97 Å². The van der Waals surface area contributed by atoms with Gasteiger partial charge in [-0.1, -0.05) is 12.2 Å². The third-order valence-electron chi connectivity index (χ3n) is 6.16. The number of carbonyl (C=O) groups excluding carboxylic acids is 1. The predicted molar refractivity (Wildman–Crippen MR) is 74.1 cm³/mol. The van der Waals surface area contributed by atoms with Crippen molar-refractivity contribution in [3.8, 4) is 0 Å². The topological polar surface area (TPSA) is 38.8 Å². The lowest BCUT2D eigenvalue weighted by molar-refractivity contribution is -0.166.